The Morgan fingerprint density at radius 1 is 0.308 bits per heavy atom. The van der Waals surface area contributed by atoms with E-state index in [-0.39, 0.29) is 0 Å². The molecule has 5 nitrogen and oxygen atoms in total. The number of furan rings is 2. The largest absolute Gasteiger partial charge is 0.456 e. The first-order chi connectivity index (χ1) is 25.7. The summed E-state index contributed by atoms with van der Waals surface area (Å²) >= 11 is 0. The third-order valence-corrected chi connectivity index (χ3v) is 10.1. The second-order valence-corrected chi connectivity index (χ2v) is 13.2. The molecular formula is C47H27N3O2. The van der Waals surface area contributed by atoms with Gasteiger partial charge in [-0.3, -0.25) is 0 Å². The Labute approximate surface area is 297 Å². The number of nitrogens with zero attached hydrogens (tertiary/aromatic N) is 3. The van der Waals surface area contributed by atoms with Gasteiger partial charge in [-0.05, 0) is 75.1 Å². The molecule has 0 spiro atoms. The van der Waals surface area contributed by atoms with Crippen LogP contribution in [-0.2, 0) is 0 Å². The first-order valence-corrected chi connectivity index (χ1v) is 17.3. The number of benzene rings is 8. The summed E-state index contributed by atoms with van der Waals surface area (Å²) in [5.74, 6) is 1.83. The van der Waals surface area contributed by atoms with Crippen LogP contribution in [0.15, 0.2) is 173 Å². The van der Waals surface area contributed by atoms with Crippen LogP contribution >= 0.6 is 0 Å². The second-order valence-electron chi connectivity index (χ2n) is 13.2. The molecule has 11 aromatic rings. The number of aromatic nitrogens is 3. The van der Waals surface area contributed by atoms with Crippen molar-refractivity contribution < 1.29 is 8.83 Å². The van der Waals surface area contributed by atoms with Gasteiger partial charge in [0.05, 0.1) is 0 Å². The molecule has 11 rings (SSSR count). The highest BCUT2D eigenvalue weighted by molar-refractivity contribution is 6.19. The average molecular weight is 666 g/mol. The molecule has 0 fully saturated rings. The Kier molecular flexibility index (Phi) is 6.18. The van der Waals surface area contributed by atoms with Crippen LogP contribution < -0.4 is 0 Å². The summed E-state index contributed by atoms with van der Waals surface area (Å²) in [6.45, 7) is 0. The lowest BCUT2D eigenvalue weighted by Gasteiger charge is -2.10. The van der Waals surface area contributed by atoms with Crippen LogP contribution in [0.3, 0.4) is 0 Å². The van der Waals surface area contributed by atoms with E-state index in [1.54, 1.807) is 0 Å². The lowest BCUT2D eigenvalue weighted by molar-refractivity contribution is 0.668. The van der Waals surface area contributed by atoms with Crippen molar-refractivity contribution >= 4 is 65.4 Å². The highest BCUT2D eigenvalue weighted by atomic mass is 16.3. The minimum atomic E-state index is 0.592. The molecule has 0 aliphatic rings. The molecular weight excluding hydrogens is 639 g/mol. The lowest BCUT2D eigenvalue weighted by Crippen LogP contribution is -2.00. The van der Waals surface area contributed by atoms with Crippen LogP contribution in [0.5, 0.6) is 0 Å². The second kappa shape index (κ2) is 11.2. The molecule has 0 unspecified atom stereocenters. The molecule has 3 aromatic heterocycles. The molecule has 0 atom stereocenters. The van der Waals surface area contributed by atoms with E-state index < -0.39 is 0 Å². The normalized spacial score (nSPS) is 11.8. The van der Waals surface area contributed by atoms with E-state index in [0.29, 0.717) is 17.5 Å². The molecule has 3 heterocycles. The molecule has 0 saturated heterocycles. The van der Waals surface area contributed by atoms with Gasteiger partial charge >= 0.3 is 0 Å². The molecule has 5 heteroatoms. The van der Waals surface area contributed by atoms with Gasteiger partial charge in [0.2, 0.25) is 0 Å². The maximum Gasteiger partial charge on any atom is 0.164 e. The first-order valence-electron chi connectivity index (χ1n) is 17.3. The number of hydrogen-bond donors (Lipinski definition) is 0. The molecule has 8 aromatic carbocycles. The van der Waals surface area contributed by atoms with E-state index in [9.17, 15) is 0 Å². The fraction of sp³-hybridized carbons (Fsp3) is 0. The Balaban J connectivity index is 1.11. The van der Waals surface area contributed by atoms with Gasteiger partial charge in [0.15, 0.2) is 17.5 Å². The van der Waals surface area contributed by atoms with E-state index >= 15 is 0 Å². The molecule has 0 N–H and O–H groups in total. The first kappa shape index (κ1) is 28.7. The van der Waals surface area contributed by atoms with Crippen LogP contribution in [0.1, 0.15) is 0 Å². The predicted molar refractivity (Wildman–Crippen MR) is 211 cm³/mol. The Morgan fingerprint density at radius 2 is 0.885 bits per heavy atom. The van der Waals surface area contributed by atoms with Crippen molar-refractivity contribution in [1.82, 2.24) is 15.0 Å². The van der Waals surface area contributed by atoms with Crippen molar-refractivity contribution in [3.8, 4) is 45.3 Å². The summed E-state index contributed by atoms with van der Waals surface area (Å²) < 4.78 is 12.8. The van der Waals surface area contributed by atoms with Crippen LogP contribution in [0.25, 0.3) is 111 Å². The lowest BCUT2D eigenvalue weighted by atomic mass is 9.98. The Hall–Kier alpha value is -7.11. The quantitative estimate of drug-likeness (QED) is 0.187. The highest BCUT2D eigenvalue weighted by Crippen LogP contribution is 2.40. The van der Waals surface area contributed by atoms with E-state index in [1.165, 1.54) is 16.2 Å². The van der Waals surface area contributed by atoms with E-state index in [2.05, 4.69) is 121 Å². The fourth-order valence-corrected chi connectivity index (χ4v) is 7.59. The summed E-state index contributed by atoms with van der Waals surface area (Å²) in [6, 6.07) is 56.4. The van der Waals surface area contributed by atoms with Crippen molar-refractivity contribution in [2.75, 3.05) is 0 Å². The molecule has 0 amide bonds. The molecule has 0 saturated carbocycles. The maximum absolute atomic E-state index is 6.46. The summed E-state index contributed by atoms with van der Waals surface area (Å²) in [7, 11) is 0. The SMILES string of the molecule is c1ccc(-c2nc(-c3ccc4ccccc4c3)nc(-c3cccc4oc5ccc(-c6ccc7oc8ccc9ccccc9c8c7c6)cc5c34)n2)cc1. The minimum absolute atomic E-state index is 0.592. The maximum atomic E-state index is 6.46. The summed E-state index contributed by atoms with van der Waals surface area (Å²) in [5.41, 5.74) is 8.27. The van der Waals surface area contributed by atoms with Gasteiger partial charge in [-0.15, -0.1) is 0 Å². The monoisotopic (exact) mass is 665 g/mol. The zero-order valence-electron chi connectivity index (χ0n) is 27.7. The zero-order valence-corrected chi connectivity index (χ0v) is 27.7. The third kappa shape index (κ3) is 4.53. The van der Waals surface area contributed by atoms with E-state index in [0.717, 1.165) is 77.1 Å². The van der Waals surface area contributed by atoms with Gasteiger partial charge in [0.25, 0.3) is 0 Å². The van der Waals surface area contributed by atoms with Crippen LogP contribution in [0.4, 0.5) is 0 Å². The summed E-state index contributed by atoms with van der Waals surface area (Å²) in [5, 5.41) is 8.89. The van der Waals surface area contributed by atoms with Gasteiger partial charge in [-0.2, -0.15) is 0 Å². The van der Waals surface area contributed by atoms with E-state index in [4.69, 9.17) is 23.8 Å². The van der Waals surface area contributed by atoms with Crippen molar-refractivity contribution in [3.05, 3.63) is 164 Å². The Bertz CT molecular complexity index is 3190. The number of rotatable bonds is 4. The predicted octanol–water partition coefficient (Wildman–Crippen LogP) is 12.6. The average Bonchev–Trinajstić information content (AvgIpc) is 3.79. The van der Waals surface area contributed by atoms with Gasteiger partial charge in [0.1, 0.15) is 22.3 Å². The van der Waals surface area contributed by atoms with Crippen molar-refractivity contribution in [2.24, 2.45) is 0 Å². The fourth-order valence-electron chi connectivity index (χ4n) is 7.59. The number of fused-ring (bicyclic) bond motifs is 9. The van der Waals surface area contributed by atoms with Crippen LogP contribution in [0.2, 0.25) is 0 Å². The van der Waals surface area contributed by atoms with Crippen molar-refractivity contribution in [2.45, 2.75) is 0 Å². The van der Waals surface area contributed by atoms with Gasteiger partial charge in [0, 0.05) is 38.2 Å². The molecule has 0 aliphatic carbocycles. The highest BCUT2D eigenvalue weighted by Gasteiger charge is 2.19. The van der Waals surface area contributed by atoms with Gasteiger partial charge in [-0.1, -0.05) is 121 Å². The smallest absolute Gasteiger partial charge is 0.164 e. The standard InChI is InChI=1S/C47H27N3O2/c1-2-11-30(12-3-1)45-48-46(34-18-17-28-9-4-5-13-31(28)25-34)50-47(49-45)36-15-8-16-41-44(36)38-27-33(21-23-40(38)51-41)32-20-22-39-37(26-32)43-35-14-7-6-10-29(35)19-24-42(43)52-39/h1-27H. The topological polar surface area (TPSA) is 65.0 Å². The summed E-state index contributed by atoms with van der Waals surface area (Å²) in [4.78, 5) is 15.2. The zero-order chi connectivity index (χ0) is 34.2. The summed E-state index contributed by atoms with van der Waals surface area (Å²) in [6.07, 6.45) is 0. The van der Waals surface area contributed by atoms with E-state index in [1.807, 2.05) is 42.5 Å². The third-order valence-electron chi connectivity index (χ3n) is 10.1. The van der Waals surface area contributed by atoms with Crippen molar-refractivity contribution in [1.29, 1.82) is 0 Å². The number of hydrogen-bond acceptors (Lipinski definition) is 5. The Morgan fingerprint density at radius 3 is 1.67 bits per heavy atom. The molecule has 0 bridgehead atoms. The van der Waals surface area contributed by atoms with Crippen LogP contribution in [0, 0.1) is 0 Å². The molecule has 0 radical (unpaired) electrons. The van der Waals surface area contributed by atoms with Gasteiger partial charge in [-0.25, -0.2) is 15.0 Å². The van der Waals surface area contributed by atoms with Crippen LogP contribution in [-0.4, -0.2) is 15.0 Å². The molecule has 242 valence electrons. The molecule has 0 aliphatic heterocycles. The minimum Gasteiger partial charge on any atom is -0.456 e. The van der Waals surface area contributed by atoms with Gasteiger partial charge < -0.3 is 8.83 Å². The molecule has 52 heavy (non-hydrogen) atoms. The van der Waals surface area contributed by atoms with Crippen molar-refractivity contribution in [3.63, 3.8) is 0 Å².